The van der Waals surface area contributed by atoms with Gasteiger partial charge in [0.2, 0.25) is 0 Å². The van der Waals surface area contributed by atoms with Gasteiger partial charge in [0.15, 0.2) is 0 Å². The van der Waals surface area contributed by atoms with Crippen molar-refractivity contribution in [3.8, 4) is 11.5 Å². The average molecular weight is 874 g/mol. The van der Waals surface area contributed by atoms with Crippen LogP contribution in [0.4, 0.5) is 17.2 Å². The van der Waals surface area contributed by atoms with Gasteiger partial charge in [-0.05, 0) is 48.5 Å². The van der Waals surface area contributed by atoms with Crippen molar-refractivity contribution in [2.45, 2.75) is 0 Å². The summed E-state index contributed by atoms with van der Waals surface area (Å²) in [6.45, 7) is 12.7. The van der Waals surface area contributed by atoms with Gasteiger partial charge >= 0.3 is 0 Å². The van der Waals surface area contributed by atoms with Crippen molar-refractivity contribution in [1.82, 2.24) is 19.8 Å². The van der Waals surface area contributed by atoms with Crippen LogP contribution in [0.15, 0.2) is 109 Å². The van der Waals surface area contributed by atoms with E-state index in [1.54, 1.807) is 24.4 Å². The van der Waals surface area contributed by atoms with Gasteiger partial charge in [-0.3, -0.25) is 19.4 Å². The summed E-state index contributed by atoms with van der Waals surface area (Å²) in [7, 11) is 0. The summed E-state index contributed by atoms with van der Waals surface area (Å²) in [4.78, 5) is 40.9. The number of ether oxygens (including phenoxy) is 5. The molecule has 0 saturated carbocycles. The van der Waals surface area contributed by atoms with E-state index >= 15 is 0 Å². The van der Waals surface area contributed by atoms with Crippen molar-refractivity contribution < 1.29 is 33.3 Å². The molecule has 3 aliphatic rings. The van der Waals surface area contributed by atoms with Crippen molar-refractivity contribution in [2.75, 3.05) is 121 Å². The Morgan fingerprint density at radius 2 is 1.00 bits per heavy atom. The van der Waals surface area contributed by atoms with Crippen molar-refractivity contribution in [2.24, 2.45) is 0 Å². The van der Waals surface area contributed by atoms with Crippen LogP contribution in [0.3, 0.4) is 0 Å². The summed E-state index contributed by atoms with van der Waals surface area (Å²) in [5, 5.41) is 10.1. The third kappa shape index (κ3) is 11.8. The van der Waals surface area contributed by atoms with Gasteiger partial charge in [-0.25, -0.2) is 9.97 Å². The maximum Gasteiger partial charge on any atom is 0.255 e. The van der Waals surface area contributed by atoms with E-state index in [2.05, 4.69) is 35.3 Å². The average Bonchev–Trinajstić information content (AvgIpc) is 3.34. The maximum absolute atomic E-state index is 13.1. The number of aromatic nitrogens is 2. The first-order valence-corrected chi connectivity index (χ1v) is 21.8. The Kier molecular flexibility index (Phi) is 15.3. The molecule has 3 fully saturated rings. The molecule has 0 bridgehead atoms. The number of hydrogen-bond acceptors (Lipinski definition) is 12. The molecule has 328 valence electrons. The summed E-state index contributed by atoms with van der Waals surface area (Å²) < 4.78 is 28.4. The molecule has 2 aromatic heterocycles. The maximum atomic E-state index is 13.1. The fraction of sp³-hybridized carbons (Fsp3) is 0.333. The molecule has 4 aromatic carbocycles. The molecule has 3 saturated heterocycles. The van der Waals surface area contributed by atoms with Gasteiger partial charge in [0.25, 0.3) is 11.8 Å². The first kappa shape index (κ1) is 43.8. The smallest absolute Gasteiger partial charge is 0.255 e. The summed E-state index contributed by atoms with van der Waals surface area (Å²) in [6.07, 6.45) is 3.20. The van der Waals surface area contributed by atoms with E-state index in [-0.39, 0.29) is 17.0 Å². The van der Waals surface area contributed by atoms with E-state index in [0.717, 1.165) is 129 Å². The molecule has 9 rings (SSSR count). The number of carbonyl (C=O) groups excluding carboxylic acids is 2. The fourth-order valence-electron chi connectivity index (χ4n) is 7.69. The molecule has 0 unspecified atom stereocenters. The minimum atomic E-state index is -0.236. The Morgan fingerprint density at radius 3 is 1.49 bits per heavy atom. The lowest BCUT2D eigenvalue weighted by Gasteiger charge is -2.27. The van der Waals surface area contributed by atoms with E-state index in [9.17, 15) is 9.59 Å². The minimum Gasteiger partial charge on any atom is -0.492 e. The number of benzene rings is 4. The van der Waals surface area contributed by atoms with Crippen LogP contribution in [0, 0.1) is 0 Å². The van der Waals surface area contributed by atoms with E-state index < -0.39 is 0 Å². The number of hydrogen-bond donors (Lipinski definition) is 2. The van der Waals surface area contributed by atoms with E-state index in [1.165, 1.54) is 6.20 Å². The van der Waals surface area contributed by atoms with E-state index in [0.29, 0.717) is 37.6 Å². The number of halogens is 1. The molecule has 0 radical (unpaired) electrons. The number of morpholine rings is 3. The van der Waals surface area contributed by atoms with Crippen molar-refractivity contribution in [3.63, 3.8) is 0 Å². The third-order valence-corrected chi connectivity index (χ3v) is 11.3. The van der Waals surface area contributed by atoms with Crippen LogP contribution in [0.1, 0.15) is 20.7 Å². The van der Waals surface area contributed by atoms with Crippen LogP contribution in [-0.4, -0.2) is 137 Å². The van der Waals surface area contributed by atoms with Crippen molar-refractivity contribution >= 4 is 62.2 Å². The largest absolute Gasteiger partial charge is 0.492 e. The molecule has 0 spiro atoms. The molecule has 0 aliphatic carbocycles. The topological polar surface area (TPSA) is 140 Å². The lowest BCUT2D eigenvalue weighted by atomic mass is 10.1. The van der Waals surface area contributed by atoms with Crippen LogP contribution < -0.4 is 25.0 Å². The number of fused-ring (bicyclic) bond motifs is 2. The van der Waals surface area contributed by atoms with Gasteiger partial charge in [0.1, 0.15) is 35.7 Å². The Labute approximate surface area is 372 Å². The number of carbonyl (C=O) groups is 2. The molecule has 2 N–H and O–H groups in total. The minimum absolute atomic E-state index is 0.164. The highest BCUT2D eigenvalue weighted by Gasteiger charge is 2.18. The molecule has 63 heavy (non-hydrogen) atoms. The first-order valence-electron chi connectivity index (χ1n) is 21.4. The van der Waals surface area contributed by atoms with E-state index in [1.807, 2.05) is 78.9 Å². The van der Waals surface area contributed by atoms with Crippen LogP contribution in [-0.2, 0) is 14.2 Å². The van der Waals surface area contributed by atoms with Crippen LogP contribution in [0.25, 0.3) is 21.5 Å². The summed E-state index contributed by atoms with van der Waals surface area (Å²) in [6, 6.07) is 30.2. The second-order valence-corrected chi connectivity index (χ2v) is 15.6. The number of anilines is 3. The number of pyridine rings is 2. The molecule has 3 aliphatic heterocycles. The summed E-state index contributed by atoms with van der Waals surface area (Å²) >= 11 is 5.89. The van der Waals surface area contributed by atoms with Gasteiger partial charge in [-0.2, -0.15) is 0 Å². The lowest BCUT2D eigenvalue weighted by Crippen LogP contribution is -2.38. The predicted molar refractivity (Wildman–Crippen MR) is 246 cm³/mol. The van der Waals surface area contributed by atoms with E-state index in [4.69, 9.17) is 35.3 Å². The molecule has 2 amide bonds. The summed E-state index contributed by atoms with van der Waals surface area (Å²) in [5.41, 5.74) is 2.51. The van der Waals surface area contributed by atoms with Gasteiger partial charge in [-0.15, -0.1) is 0 Å². The fourth-order valence-corrected chi connectivity index (χ4v) is 7.86. The molecule has 6 aromatic rings. The van der Waals surface area contributed by atoms with Crippen molar-refractivity contribution in [1.29, 1.82) is 0 Å². The number of amides is 2. The predicted octanol–water partition coefficient (Wildman–Crippen LogP) is 6.89. The highest BCUT2D eigenvalue weighted by molar-refractivity contribution is 6.29. The molecule has 14 nitrogen and oxygen atoms in total. The normalized spacial score (nSPS) is 15.9. The van der Waals surface area contributed by atoms with Crippen LogP contribution in [0.5, 0.6) is 11.5 Å². The quantitative estimate of drug-likeness (QED) is 0.117. The van der Waals surface area contributed by atoms with Gasteiger partial charge in [-0.1, -0.05) is 60.1 Å². The number of nitrogens with one attached hydrogen (secondary N) is 2. The number of rotatable bonds is 13. The Morgan fingerprint density at radius 1 is 0.556 bits per heavy atom. The zero-order chi connectivity index (χ0) is 43.2. The standard InChI is InChI=1S/C26H30N4O4.C22H22ClN3O3/c31-26(20-7-8-27-25(19-20)30-12-16-33-17-13-30)28-23-5-6-24(22-4-2-1-3-21(22)23)34-18-11-29-9-14-32-15-10-29;23-21-15-16(7-8-24-21)22(27)25-19-5-6-20(18-4-2-1-3-17(18)19)29-14-11-26-9-12-28-13-10-26/h1-8,19H,9-18H2,(H,28,31);1-8,15H,9-14H2,(H,25,27). The molecule has 5 heterocycles. The Bertz CT molecular complexity index is 2470. The van der Waals surface area contributed by atoms with Gasteiger partial charge in [0.05, 0.1) is 39.6 Å². The van der Waals surface area contributed by atoms with Gasteiger partial charge in [0, 0.05) is 109 Å². The number of nitrogens with zero attached hydrogens (tertiary/aromatic N) is 5. The zero-order valence-electron chi connectivity index (χ0n) is 35.2. The highest BCUT2D eigenvalue weighted by Crippen LogP contribution is 2.33. The highest BCUT2D eigenvalue weighted by atomic mass is 35.5. The second-order valence-electron chi connectivity index (χ2n) is 15.2. The zero-order valence-corrected chi connectivity index (χ0v) is 35.9. The lowest BCUT2D eigenvalue weighted by molar-refractivity contribution is 0.0322. The Balaban J connectivity index is 0.000000175. The van der Waals surface area contributed by atoms with Crippen LogP contribution >= 0.6 is 11.6 Å². The molecule has 15 heteroatoms. The molecular formula is C48H52ClN7O7. The molecule has 0 atom stereocenters. The summed E-state index contributed by atoms with van der Waals surface area (Å²) in [5.74, 6) is 2.02. The monoisotopic (exact) mass is 873 g/mol. The van der Waals surface area contributed by atoms with Crippen molar-refractivity contribution in [3.05, 3.63) is 126 Å². The third-order valence-electron chi connectivity index (χ3n) is 11.1. The molecular weight excluding hydrogens is 822 g/mol. The van der Waals surface area contributed by atoms with Crippen LogP contribution in [0.2, 0.25) is 5.15 Å². The first-order chi connectivity index (χ1) is 31.0. The van der Waals surface area contributed by atoms with Gasteiger partial charge < -0.3 is 39.2 Å². The Hall–Kier alpha value is -5.87. The second kappa shape index (κ2) is 22.0. The SMILES string of the molecule is O=C(Nc1ccc(OCCN2CCOCC2)c2ccccc12)c1ccnc(Cl)c1.O=C(Nc1ccc(OCCN2CCOCC2)c2ccccc12)c1ccnc(N2CCOCC2)c1.